The van der Waals surface area contributed by atoms with E-state index in [4.69, 9.17) is 0 Å². The van der Waals surface area contributed by atoms with Gasteiger partial charge in [0.2, 0.25) is 0 Å². The summed E-state index contributed by atoms with van der Waals surface area (Å²) in [6.07, 6.45) is 1.97. The quantitative estimate of drug-likeness (QED) is 0.869. The SMILES string of the molecule is CSc1ccccc1C(=O)Nc1ccc(N(C)C)cc1. The fourth-order valence-corrected chi connectivity index (χ4v) is 2.47. The van der Waals surface area contributed by atoms with E-state index in [1.165, 1.54) is 0 Å². The van der Waals surface area contributed by atoms with Crippen LogP contribution in [0.1, 0.15) is 10.4 Å². The van der Waals surface area contributed by atoms with Crippen LogP contribution in [0, 0.1) is 0 Å². The summed E-state index contributed by atoms with van der Waals surface area (Å²) >= 11 is 1.57. The van der Waals surface area contributed by atoms with E-state index in [1.807, 2.05) is 73.8 Å². The predicted molar refractivity (Wildman–Crippen MR) is 86.9 cm³/mol. The Kier molecular flexibility index (Phi) is 4.69. The van der Waals surface area contributed by atoms with Crippen molar-refractivity contribution in [2.75, 3.05) is 30.6 Å². The number of anilines is 2. The van der Waals surface area contributed by atoms with E-state index in [9.17, 15) is 4.79 Å². The molecule has 0 bridgehead atoms. The summed E-state index contributed by atoms with van der Waals surface area (Å²) < 4.78 is 0. The van der Waals surface area contributed by atoms with Crippen LogP contribution >= 0.6 is 11.8 Å². The maximum Gasteiger partial charge on any atom is 0.256 e. The smallest absolute Gasteiger partial charge is 0.256 e. The van der Waals surface area contributed by atoms with Gasteiger partial charge in [0.05, 0.1) is 5.56 Å². The minimum atomic E-state index is -0.0763. The Morgan fingerprint density at radius 2 is 1.70 bits per heavy atom. The summed E-state index contributed by atoms with van der Waals surface area (Å²) in [6, 6.07) is 15.4. The van der Waals surface area contributed by atoms with Crippen molar-refractivity contribution < 1.29 is 4.79 Å². The molecule has 0 atom stereocenters. The van der Waals surface area contributed by atoms with Crippen molar-refractivity contribution in [2.45, 2.75) is 4.90 Å². The van der Waals surface area contributed by atoms with Crippen LogP contribution in [0.3, 0.4) is 0 Å². The maximum atomic E-state index is 12.3. The summed E-state index contributed by atoms with van der Waals surface area (Å²) in [4.78, 5) is 15.3. The first-order valence-electron chi connectivity index (χ1n) is 6.33. The summed E-state index contributed by atoms with van der Waals surface area (Å²) in [6.45, 7) is 0. The van der Waals surface area contributed by atoms with Crippen LogP contribution in [0.2, 0.25) is 0 Å². The molecule has 0 unspecified atom stereocenters. The normalized spacial score (nSPS) is 10.2. The van der Waals surface area contributed by atoms with E-state index in [-0.39, 0.29) is 5.91 Å². The van der Waals surface area contributed by atoms with E-state index in [2.05, 4.69) is 5.32 Å². The Bertz CT molecular complexity index is 594. The summed E-state index contributed by atoms with van der Waals surface area (Å²) in [5.41, 5.74) is 2.61. The first-order chi connectivity index (χ1) is 9.61. The van der Waals surface area contributed by atoms with E-state index in [1.54, 1.807) is 11.8 Å². The molecular weight excluding hydrogens is 268 g/mol. The molecule has 0 radical (unpaired) electrons. The lowest BCUT2D eigenvalue weighted by molar-refractivity contribution is 0.102. The van der Waals surface area contributed by atoms with Crippen molar-refractivity contribution in [3.63, 3.8) is 0 Å². The Balaban J connectivity index is 2.15. The van der Waals surface area contributed by atoms with Crippen molar-refractivity contribution in [1.29, 1.82) is 0 Å². The van der Waals surface area contributed by atoms with E-state index in [0.717, 1.165) is 16.3 Å². The molecule has 0 saturated heterocycles. The average molecular weight is 286 g/mol. The number of rotatable bonds is 4. The molecule has 0 fully saturated rings. The molecule has 0 saturated carbocycles. The highest BCUT2D eigenvalue weighted by Gasteiger charge is 2.10. The van der Waals surface area contributed by atoms with E-state index >= 15 is 0 Å². The molecule has 1 N–H and O–H groups in total. The average Bonchev–Trinajstić information content (AvgIpc) is 2.47. The zero-order chi connectivity index (χ0) is 14.5. The van der Waals surface area contributed by atoms with Crippen molar-refractivity contribution in [2.24, 2.45) is 0 Å². The Morgan fingerprint density at radius 3 is 2.30 bits per heavy atom. The van der Waals surface area contributed by atoms with Crippen LogP contribution in [0.25, 0.3) is 0 Å². The molecule has 20 heavy (non-hydrogen) atoms. The van der Waals surface area contributed by atoms with Crippen LogP contribution in [-0.2, 0) is 0 Å². The number of nitrogens with one attached hydrogen (secondary N) is 1. The van der Waals surface area contributed by atoms with Crippen LogP contribution in [-0.4, -0.2) is 26.3 Å². The maximum absolute atomic E-state index is 12.3. The third-order valence-corrected chi connectivity index (χ3v) is 3.79. The van der Waals surface area contributed by atoms with Crippen molar-refractivity contribution in [3.05, 3.63) is 54.1 Å². The molecule has 2 aromatic rings. The van der Waals surface area contributed by atoms with Crippen LogP contribution in [0.5, 0.6) is 0 Å². The highest BCUT2D eigenvalue weighted by atomic mass is 32.2. The number of hydrogen-bond acceptors (Lipinski definition) is 3. The fraction of sp³-hybridized carbons (Fsp3) is 0.188. The highest BCUT2D eigenvalue weighted by molar-refractivity contribution is 7.98. The van der Waals surface area contributed by atoms with Gasteiger partial charge in [-0.25, -0.2) is 0 Å². The Hall–Kier alpha value is -1.94. The zero-order valence-electron chi connectivity index (χ0n) is 11.9. The molecule has 0 aliphatic heterocycles. The number of carbonyl (C=O) groups is 1. The van der Waals surface area contributed by atoms with Gasteiger partial charge in [-0.3, -0.25) is 4.79 Å². The monoisotopic (exact) mass is 286 g/mol. The number of benzene rings is 2. The zero-order valence-corrected chi connectivity index (χ0v) is 12.7. The van der Waals surface area contributed by atoms with Gasteiger partial charge >= 0.3 is 0 Å². The molecule has 0 aliphatic rings. The molecule has 1 amide bonds. The molecule has 4 heteroatoms. The largest absolute Gasteiger partial charge is 0.378 e. The third-order valence-electron chi connectivity index (χ3n) is 2.99. The van der Waals surface area contributed by atoms with E-state index < -0.39 is 0 Å². The summed E-state index contributed by atoms with van der Waals surface area (Å²) in [7, 11) is 3.98. The topological polar surface area (TPSA) is 32.3 Å². The highest BCUT2D eigenvalue weighted by Crippen LogP contribution is 2.22. The Morgan fingerprint density at radius 1 is 1.05 bits per heavy atom. The predicted octanol–water partition coefficient (Wildman–Crippen LogP) is 3.73. The fourth-order valence-electron chi connectivity index (χ4n) is 1.87. The lowest BCUT2D eigenvalue weighted by Crippen LogP contribution is -2.13. The molecule has 0 aliphatic carbocycles. The minimum Gasteiger partial charge on any atom is -0.378 e. The number of hydrogen-bond donors (Lipinski definition) is 1. The van der Waals surface area contributed by atoms with Crippen molar-refractivity contribution >= 4 is 29.0 Å². The number of nitrogens with zero attached hydrogens (tertiary/aromatic N) is 1. The lowest BCUT2D eigenvalue weighted by atomic mass is 10.2. The van der Waals surface area contributed by atoms with E-state index in [0.29, 0.717) is 5.56 Å². The molecule has 0 heterocycles. The van der Waals surface area contributed by atoms with Gasteiger partial charge in [-0.1, -0.05) is 12.1 Å². The van der Waals surface area contributed by atoms with Gasteiger partial charge in [0, 0.05) is 30.4 Å². The first-order valence-corrected chi connectivity index (χ1v) is 7.56. The van der Waals surface area contributed by atoms with Gasteiger partial charge < -0.3 is 10.2 Å². The van der Waals surface area contributed by atoms with Crippen LogP contribution < -0.4 is 10.2 Å². The van der Waals surface area contributed by atoms with Crippen LogP contribution in [0.15, 0.2) is 53.4 Å². The Labute approximate surface area is 124 Å². The van der Waals surface area contributed by atoms with Crippen molar-refractivity contribution in [1.82, 2.24) is 0 Å². The standard InChI is InChI=1S/C16H18N2OS/c1-18(2)13-10-8-12(9-11-13)17-16(19)14-6-4-5-7-15(14)20-3/h4-11H,1-3H3,(H,17,19). The molecule has 2 rings (SSSR count). The number of thioether (sulfide) groups is 1. The van der Waals surface area contributed by atoms with Gasteiger partial charge in [0.25, 0.3) is 5.91 Å². The summed E-state index contributed by atoms with van der Waals surface area (Å²) in [5.74, 6) is -0.0763. The van der Waals surface area contributed by atoms with Gasteiger partial charge in [-0.15, -0.1) is 11.8 Å². The second-order valence-electron chi connectivity index (χ2n) is 4.60. The lowest BCUT2D eigenvalue weighted by Gasteiger charge is -2.13. The van der Waals surface area contributed by atoms with Gasteiger partial charge in [0.15, 0.2) is 0 Å². The summed E-state index contributed by atoms with van der Waals surface area (Å²) in [5, 5.41) is 2.93. The molecule has 104 valence electrons. The molecule has 2 aromatic carbocycles. The number of carbonyl (C=O) groups excluding carboxylic acids is 1. The number of amides is 1. The molecule has 0 spiro atoms. The van der Waals surface area contributed by atoms with Crippen molar-refractivity contribution in [3.8, 4) is 0 Å². The van der Waals surface area contributed by atoms with Gasteiger partial charge in [-0.05, 0) is 42.7 Å². The second kappa shape index (κ2) is 6.48. The molecule has 0 aromatic heterocycles. The van der Waals surface area contributed by atoms with Gasteiger partial charge in [-0.2, -0.15) is 0 Å². The molecular formula is C16H18N2OS. The third kappa shape index (κ3) is 3.33. The van der Waals surface area contributed by atoms with Crippen LogP contribution in [0.4, 0.5) is 11.4 Å². The van der Waals surface area contributed by atoms with Gasteiger partial charge in [0.1, 0.15) is 0 Å². The minimum absolute atomic E-state index is 0.0763. The second-order valence-corrected chi connectivity index (χ2v) is 5.44. The molecule has 3 nitrogen and oxygen atoms in total. The first kappa shape index (κ1) is 14.5.